The van der Waals surface area contributed by atoms with Gasteiger partial charge < -0.3 is 9.94 Å². The Morgan fingerprint density at radius 1 is 1.73 bits per heavy atom. The molecule has 6 heteroatoms. The van der Waals surface area contributed by atoms with Crippen LogP contribution in [-0.2, 0) is 4.74 Å². The molecular formula is C9H12ClN3O2. The van der Waals surface area contributed by atoms with E-state index in [1.54, 1.807) is 13.8 Å². The molecule has 1 aromatic heterocycles. The van der Waals surface area contributed by atoms with Gasteiger partial charge in [-0.3, -0.25) is 0 Å². The van der Waals surface area contributed by atoms with Crippen LogP contribution in [0.1, 0.15) is 19.5 Å². The standard InChI is InChI=1S/C9H12ClN3O2/c1-4-15-7(3)11-8-5-9(10)12-13(14)6(8)2/h5H,4H2,1-3H3. The predicted octanol–water partition coefficient (Wildman–Crippen LogP) is 1.76. The highest BCUT2D eigenvalue weighted by Crippen LogP contribution is 2.18. The first kappa shape index (κ1) is 11.7. The normalized spacial score (nSPS) is 11.6. The van der Waals surface area contributed by atoms with Gasteiger partial charge in [0.05, 0.1) is 6.61 Å². The number of hydrogen-bond donors (Lipinski definition) is 0. The van der Waals surface area contributed by atoms with Gasteiger partial charge in [0.25, 0.3) is 0 Å². The number of ether oxygens (including phenoxy) is 1. The van der Waals surface area contributed by atoms with Crippen molar-refractivity contribution < 1.29 is 9.58 Å². The van der Waals surface area contributed by atoms with E-state index in [2.05, 4.69) is 10.1 Å². The number of rotatable bonds is 2. The number of aromatic nitrogens is 2. The van der Waals surface area contributed by atoms with Crippen molar-refractivity contribution in [2.45, 2.75) is 20.8 Å². The molecule has 0 N–H and O–H groups in total. The summed E-state index contributed by atoms with van der Waals surface area (Å²) in [6.07, 6.45) is 0. The first-order valence-electron chi connectivity index (χ1n) is 4.49. The van der Waals surface area contributed by atoms with E-state index >= 15 is 0 Å². The van der Waals surface area contributed by atoms with Crippen molar-refractivity contribution in [1.29, 1.82) is 0 Å². The Hall–Kier alpha value is -1.36. The lowest BCUT2D eigenvalue weighted by Gasteiger charge is -2.03. The minimum Gasteiger partial charge on any atom is -0.594 e. The third-order valence-corrected chi connectivity index (χ3v) is 1.92. The summed E-state index contributed by atoms with van der Waals surface area (Å²) in [4.78, 5) is 4.56. The van der Waals surface area contributed by atoms with Crippen LogP contribution in [0.2, 0.25) is 5.15 Å². The highest BCUT2D eigenvalue weighted by atomic mass is 35.5. The molecule has 0 atom stereocenters. The maximum Gasteiger partial charge on any atom is 0.244 e. The maximum absolute atomic E-state index is 11.2. The van der Waals surface area contributed by atoms with E-state index in [1.807, 2.05) is 6.92 Å². The van der Waals surface area contributed by atoms with Crippen LogP contribution in [0.5, 0.6) is 0 Å². The average Bonchev–Trinajstić information content (AvgIpc) is 2.13. The number of hydrogen-bond acceptors (Lipinski definition) is 4. The fourth-order valence-corrected chi connectivity index (χ4v) is 1.20. The van der Waals surface area contributed by atoms with Gasteiger partial charge in [0.2, 0.25) is 5.69 Å². The van der Waals surface area contributed by atoms with Gasteiger partial charge in [-0.1, -0.05) is 16.4 Å². The lowest BCUT2D eigenvalue weighted by Crippen LogP contribution is -2.34. The van der Waals surface area contributed by atoms with E-state index in [0.29, 0.717) is 28.7 Å². The van der Waals surface area contributed by atoms with Crippen molar-refractivity contribution in [1.82, 2.24) is 5.10 Å². The van der Waals surface area contributed by atoms with Gasteiger partial charge in [-0.15, -0.1) is 0 Å². The smallest absolute Gasteiger partial charge is 0.244 e. The predicted molar refractivity (Wildman–Crippen MR) is 57.3 cm³/mol. The zero-order chi connectivity index (χ0) is 11.4. The van der Waals surface area contributed by atoms with Crippen molar-refractivity contribution in [3.8, 4) is 0 Å². The lowest BCUT2D eigenvalue weighted by molar-refractivity contribution is -0.674. The Kier molecular flexibility index (Phi) is 3.85. The zero-order valence-corrected chi connectivity index (χ0v) is 9.58. The van der Waals surface area contributed by atoms with E-state index < -0.39 is 0 Å². The van der Waals surface area contributed by atoms with Crippen LogP contribution in [0.4, 0.5) is 5.69 Å². The summed E-state index contributed by atoms with van der Waals surface area (Å²) in [5, 5.41) is 14.8. The van der Waals surface area contributed by atoms with E-state index in [4.69, 9.17) is 16.3 Å². The van der Waals surface area contributed by atoms with Crippen LogP contribution < -0.4 is 4.85 Å². The third kappa shape index (κ3) is 3.06. The molecule has 0 radical (unpaired) electrons. The van der Waals surface area contributed by atoms with E-state index in [1.165, 1.54) is 6.07 Å². The van der Waals surface area contributed by atoms with Gasteiger partial charge in [0.1, 0.15) is 5.69 Å². The van der Waals surface area contributed by atoms with Crippen molar-refractivity contribution >= 4 is 23.2 Å². The van der Waals surface area contributed by atoms with Crippen molar-refractivity contribution in [2.24, 2.45) is 4.99 Å². The summed E-state index contributed by atoms with van der Waals surface area (Å²) in [5.41, 5.74) is 0.856. The molecule has 0 spiro atoms. The second kappa shape index (κ2) is 4.93. The minimum atomic E-state index is 0.110. The lowest BCUT2D eigenvalue weighted by atomic mass is 10.3. The number of aliphatic imine (C=N–C) groups is 1. The van der Waals surface area contributed by atoms with Gasteiger partial charge in [-0.05, 0) is 6.92 Å². The van der Waals surface area contributed by atoms with Crippen LogP contribution in [-0.4, -0.2) is 17.6 Å². The van der Waals surface area contributed by atoms with E-state index in [0.717, 1.165) is 0 Å². The fraction of sp³-hybridized carbons (Fsp3) is 0.444. The first-order chi connectivity index (χ1) is 7.04. The molecule has 0 fully saturated rings. The fourth-order valence-electron chi connectivity index (χ4n) is 1.03. The molecule has 0 bridgehead atoms. The molecule has 15 heavy (non-hydrogen) atoms. The Bertz CT molecular complexity index is 393. The second-order valence-electron chi connectivity index (χ2n) is 2.87. The highest BCUT2D eigenvalue weighted by molar-refractivity contribution is 6.29. The van der Waals surface area contributed by atoms with Crippen LogP contribution in [0.3, 0.4) is 0 Å². The summed E-state index contributed by atoms with van der Waals surface area (Å²) in [7, 11) is 0. The molecule has 0 aliphatic carbocycles. The molecule has 5 nitrogen and oxygen atoms in total. The van der Waals surface area contributed by atoms with Gasteiger partial charge in [0.15, 0.2) is 11.1 Å². The Labute approximate surface area is 92.9 Å². The number of nitrogens with zero attached hydrogens (tertiary/aromatic N) is 3. The molecular weight excluding hydrogens is 218 g/mol. The molecule has 0 aliphatic heterocycles. The van der Waals surface area contributed by atoms with E-state index in [-0.39, 0.29) is 5.15 Å². The summed E-state index contributed by atoms with van der Waals surface area (Å²) in [6, 6.07) is 1.52. The first-order valence-corrected chi connectivity index (χ1v) is 4.87. The van der Waals surface area contributed by atoms with Crippen molar-refractivity contribution in [3.63, 3.8) is 0 Å². The molecule has 0 amide bonds. The van der Waals surface area contributed by atoms with Crippen LogP contribution in [0.15, 0.2) is 11.1 Å². The van der Waals surface area contributed by atoms with Crippen LogP contribution in [0.25, 0.3) is 0 Å². The Balaban J connectivity index is 3.09. The molecule has 0 saturated carbocycles. The van der Waals surface area contributed by atoms with E-state index in [9.17, 15) is 5.21 Å². The molecule has 0 saturated heterocycles. The van der Waals surface area contributed by atoms with Gasteiger partial charge in [-0.2, -0.15) is 0 Å². The Morgan fingerprint density at radius 3 is 3.00 bits per heavy atom. The largest absolute Gasteiger partial charge is 0.594 e. The molecule has 0 unspecified atom stereocenters. The topological polar surface area (TPSA) is 61.4 Å². The van der Waals surface area contributed by atoms with Gasteiger partial charge >= 0.3 is 0 Å². The third-order valence-electron chi connectivity index (χ3n) is 1.73. The Morgan fingerprint density at radius 2 is 2.40 bits per heavy atom. The molecule has 0 aromatic carbocycles. The summed E-state index contributed by atoms with van der Waals surface area (Å²) in [6.45, 7) is 5.73. The minimum absolute atomic E-state index is 0.110. The van der Waals surface area contributed by atoms with Gasteiger partial charge in [0, 0.05) is 25.0 Å². The molecule has 1 rings (SSSR count). The monoisotopic (exact) mass is 229 g/mol. The average molecular weight is 230 g/mol. The summed E-state index contributed by atoms with van der Waals surface area (Å²) >= 11 is 5.64. The molecule has 0 aliphatic rings. The van der Waals surface area contributed by atoms with Crippen LogP contribution in [0, 0.1) is 12.1 Å². The van der Waals surface area contributed by atoms with Crippen molar-refractivity contribution in [2.75, 3.05) is 6.61 Å². The number of halogens is 1. The summed E-state index contributed by atoms with van der Waals surface area (Å²) < 4.78 is 5.16. The molecule has 1 aromatic rings. The quantitative estimate of drug-likeness (QED) is 0.336. The SMILES string of the molecule is CCOC(C)=Nc1cc(Cl)n[n+]([O-])c1C. The van der Waals surface area contributed by atoms with Gasteiger partial charge in [-0.25, -0.2) is 4.99 Å². The second-order valence-corrected chi connectivity index (χ2v) is 3.26. The van der Waals surface area contributed by atoms with Crippen LogP contribution >= 0.6 is 11.6 Å². The highest BCUT2D eigenvalue weighted by Gasteiger charge is 2.11. The maximum atomic E-state index is 11.2. The zero-order valence-electron chi connectivity index (χ0n) is 8.82. The molecule has 82 valence electrons. The molecule has 1 heterocycles. The van der Waals surface area contributed by atoms with Crippen molar-refractivity contribution in [3.05, 3.63) is 22.1 Å². The summed E-state index contributed by atoms with van der Waals surface area (Å²) in [5.74, 6) is 0.489.